The molecule has 152 valence electrons. The minimum absolute atomic E-state index is 0.281. The molecule has 0 bridgehead atoms. The Kier molecular flexibility index (Phi) is 7.14. The lowest BCUT2D eigenvalue weighted by molar-refractivity contribution is 0.198. The third kappa shape index (κ3) is 5.16. The number of nitrogens with zero attached hydrogens (tertiary/aromatic N) is 2. The number of ether oxygens (including phenoxy) is 2. The minimum Gasteiger partial charge on any atom is -0.493 e. The molecule has 1 aromatic heterocycles. The summed E-state index contributed by atoms with van der Waals surface area (Å²) in [5, 5.41) is 7.77. The molecule has 0 aliphatic heterocycles. The molecule has 0 unspecified atom stereocenters. The number of hydrogen-bond acceptors (Lipinski definition) is 5. The molecular formula is C21H30N4O2S. The van der Waals surface area contributed by atoms with Crippen molar-refractivity contribution >= 4 is 17.3 Å². The van der Waals surface area contributed by atoms with Crippen molar-refractivity contribution in [2.75, 3.05) is 14.2 Å². The van der Waals surface area contributed by atoms with Crippen LogP contribution in [0.3, 0.4) is 0 Å². The zero-order chi connectivity index (χ0) is 19.9. The number of aryl methyl sites for hydroxylation is 2. The van der Waals surface area contributed by atoms with Gasteiger partial charge in [0.25, 0.3) is 0 Å². The number of aromatic nitrogens is 1. The van der Waals surface area contributed by atoms with Crippen molar-refractivity contribution < 1.29 is 9.47 Å². The number of benzene rings is 1. The Hall–Kier alpha value is -2.28. The summed E-state index contributed by atoms with van der Waals surface area (Å²) in [6, 6.07) is 6.02. The fourth-order valence-electron chi connectivity index (χ4n) is 3.34. The molecule has 1 fully saturated rings. The first kappa shape index (κ1) is 20.5. The Labute approximate surface area is 171 Å². The van der Waals surface area contributed by atoms with Crippen LogP contribution < -0.4 is 20.1 Å². The standard InChI is InChI=1S/C21H30N4O2S/c1-14-15(2)28-19(25-14)13-24-21(22-3)23-12-16-8-7-11-18(26-4)20(16)27-17-9-5-6-10-17/h7-8,11,17H,5-6,9-10,12-13H2,1-4H3,(H2,22,23,24). The van der Waals surface area contributed by atoms with Crippen molar-refractivity contribution in [2.45, 2.75) is 58.7 Å². The van der Waals surface area contributed by atoms with E-state index in [1.807, 2.05) is 19.1 Å². The summed E-state index contributed by atoms with van der Waals surface area (Å²) < 4.78 is 11.8. The summed E-state index contributed by atoms with van der Waals surface area (Å²) in [6.07, 6.45) is 4.98. The summed E-state index contributed by atoms with van der Waals surface area (Å²) in [6.45, 7) is 5.40. The van der Waals surface area contributed by atoms with Crippen molar-refractivity contribution in [1.82, 2.24) is 15.6 Å². The Bertz CT molecular complexity index is 793. The number of hydrogen-bond donors (Lipinski definition) is 2. The smallest absolute Gasteiger partial charge is 0.191 e. The van der Waals surface area contributed by atoms with Gasteiger partial charge in [0, 0.05) is 24.0 Å². The monoisotopic (exact) mass is 402 g/mol. The summed E-state index contributed by atoms with van der Waals surface area (Å²) in [5.74, 6) is 2.36. The Morgan fingerprint density at radius 1 is 1.21 bits per heavy atom. The van der Waals surface area contributed by atoms with E-state index in [1.54, 1.807) is 25.5 Å². The zero-order valence-electron chi connectivity index (χ0n) is 17.2. The molecular weight excluding hydrogens is 372 g/mol. The maximum absolute atomic E-state index is 6.31. The highest BCUT2D eigenvalue weighted by Crippen LogP contribution is 2.34. The van der Waals surface area contributed by atoms with Crippen molar-refractivity contribution in [2.24, 2.45) is 4.99 Å². The van der Waals surface area contributed by atoms with Crippen LogP contribution in [0.4, 0.5) is 0 Å². The zero-order valence-corrected chi connectivity index (χ0v) is 18.0. The van der Waals surface area contributed by atoms with Crippen LogP contribution in [0, 0.1) is 13.8 Å². The van der Waals surface area contributed by atoms with Gasteiger partial charge in [0.15, 0.2) is 17.5 Å². The van der Waals surface area contributed by atoms with Crippen molar-refractivity contribution in [3.8, 4) is 11.5 Å². The van der Waals surface area contributed by atoms with Crippen LogP contribution in [-0.4, -0.2) is 31.2 Å². The maximum atomic E-state index is 6.31. The first-order valence-electron chi connectivity index (χ1n) is 9.80. The number of nitrogens with one attached hydrogen (secondary N) is 2. The molecule has 3 rings (SSSR count). The van der Waals surface area contributed by atoms with Crippen LogP contribution >= 0.6 is 11.3 Å². The molecule has 0 atom stereocenters. The van der Waals surface area contributed by atoms with E-state index in [2.05, 4.69) is 33.6 Å². The van der Waals surface area contributed by atoms with E-state index < -0.39 is 0 Å². The summed E-state index contributed by atoms with van der Waals surface area (Å²) in [7, 11) is 3.46. The van der Waals surface area contributed by atoms with E-state index in [-0.39, 0.29) is 6.10 Å². The predicted octanol–water partition coefficient (Wildman–Crippen LogP) is 3.96. The van der Waals surface area contributed by atoms with E-state index in [0.29, 0.717) is 13.1 Å². The third-order valence-electron chi connectivity index (χ3n) is 5.02. The van der Waals surface area contributed by atoms with Crippen LogP contribution in [-0.2, 0) is 13.1 Å². The van der Waals surface area contributed by atoms with Gasteiger partial charge in [-0.3, -0.25) is 4.99 Å². The van der Waals surface area contributed by atoms with Crippen molar-refractivity contribution in [3.63, 3.8) is 0 Å². The summed E-state index contributed by atoms with van der Waals surface area (Å²) >= 11 is 1.71. The quantitative estimate of drug-likeness (QED) is 0.542. The fraction of sp³-hybridized carbons (Fsp3) is 0.524. The highest BCUT2D eigenvalue weighted by molar-refractivity contribution is 7.11. The molecule has 1 saturated carbocycles. The van der Waals surface area contributed by atoms with Gasteiger partial charge in [0.2, 0.25) is 0 Å². The molecule has 2 N–H and O–H groups in total. The molecule has 0 radical (unpaired) electrons. The van der Waals surface area contributed by atoms with E-state index in [9.17, 15) is 0 Å². The van der Waals surface area contributed by atoms with Gasteiger partial charge in [0.05, 0.1) is 25.5 Å². The third-order valence-corrected chi connectivity index (χ3v) is 6.09. The predicted molar refractivity (Wildman–Crippen MR) is 115 cm³/mol. The molecule has 28 heavy (non-hydrogen) atoms. The highest BCUT2D eigenvalue weighted by Gasteiger charge is 2.20. The van der Waals surface area contributed by atoms with Crippen LogP contribution in [0.2, 0.25) is 0 Å². The first-order chi connectivity index (χ1) is 13.6. The van der Waals surface area contributed by atoms with Crippen LogP contribution in [0.15, 0.2) is 23.2 Å². The Balaban J connectivity index is 1.63. The van der Waals surface area contributed by atoms with E-state index in [1.165, 1.54) is 17.7 Å². The van der Waals surface area contributed by atoms with Gasteiger partial charge >= 0.3 is 0 Å². The average Bonchev–Trinajstić information content (AvgIpc) is 3.32. The van der Waals surface area contributed by atoms with Crippen molar-refractivity contribution in [3.05, 3.63) is 39.3 Å². The molecule has 1 aromatic carbocycles. The van der Waals surface area contributed by atoms with Gasteiger partial charge < -0.3 is 20.1 Å². The lowest BCUT2D eigenvalue weighted by atomic mass is 10.1. The van der Waals surface area contributed by atoms with Gasteiger partial charge in [-0.05, 0) is 45.6 Å². The molecule has 6 nitrogen and oxygen atoms in total. The molecule has 7 heteroatoms. The average molecular weight is 403 g/mol. The SMILES string of the molecule is CN=C(NCc1nc(C)c(C)s1)NCc1cccc(OC)c1OC1CCCC1. The van der Waals surface area contributed by atoms with Crippen LogP contribution in [0.5, 0.6) is 11.5 Å². The molecule has 1 heterocycles. The summed E-state index contributed by atoms with van der Waals surface area (Å²) in [4.78, 5) is 10.1. The number of methoxy groups -OCH3 is 1. The molecule has 1 aliphatic carbocycles. The number of rotatable bonds is 7. The van der Waals surface area contributed by atoms with Crippen LogP contribution in [0.25, 0.3) is 0 Å². The molecule has 0 spiro atoms. The fourth-order valence-corrected chi connectivity index (χ4v) is 4.22. The van der Waals surface area contributed by atoms with Gasteiger partial charge in [0.1, 0.15) is 5.01 Å². The number of thiazole rings is 1. The van der Waals surface area contributed by atoms with Gasteiger partial charge in [-0.15, -0.1) is 11.3 Å². The maximum Gasteiger partial charge on any atom is 0.191 e. The lowest BCUT2D eigenvalue weighted by Gasteiger charge is -2.20. The topological polar surface area (TPSA) is 67.8 Å². The van der Waals surface area contributed by atoms with Gasteiger partial charge in [-0.1, -0.05) is 12.1 Å². The number of aliphatic imine (C=N–C) groups is 1. The molecule has 0 saturated heterocycles. The Morgan fingerprint density at radius 2 is 1.96 bits per heavy atom. The minimum atomic E-state index is 0.281. The molecule has 1 aliphatic rings. The normalized spacial score (nSPS) is 14.9. The van der Waals surface area contributed by atoms with E-state index >= 15 is 0 Å². The number of para-hydroxylation sites is 1. The first-order valence-corrected chi connectivity index (χ1v) is 10.6. The Morgan fingerprint density at radius 3 is 2.61 bits per heavy atom. The summed E-state index contributed by atoms with van der Waals surface area (Å²) in [5.41, 5.74) is 2.16. The second kappa shape index (κ2) is 9.78. The second-order valence-electron chi connectivity index (χ2n) is 7.00. The number of guanidine groups is 1. The second-order valence-corrected chi connectivity index (χ2v) is 8.29. The van der Waals surface area contributed by atoms with Gasteiger partial charge in [-0.25, -0.2) is 4.98 Å². The largest absolute Gasteiger partial charge is 0.493 e. The van der Waals surface area contributed by atoms with Crippen LogP contribution in [0.1, 0.15) is 46.8 Å². The molecule has 0 amide bonds. The lowest BCUT2D eigenvalue weighted by Crippen LogP contribution is -2.36. The van der Waals surface area contributed by atoms with E-state index in [4.69, 9.17) is 9.47 Å². The highest BCUT2D eigenvalue weighted by atomic mass is 32.1. The van der Waals surface area contributed by atoms with Crippen molar-refractivity contribution in [1.29, 1.82) is 0 Å². The van der Waals surface area contributed by atoms with E-state index in [0.717, 1.165) is 46.6 Å². The molecule has 2 aromatic rings. The van der Waals surface area contributed by atoms with Gasteiger partial charge in [-0.2, -0.15) is 0 Å².